The summed E-state index contributed by atoms with van der Waals surface area (Å²) in [7, 11) is 0. The first-order valence-electron chi connectivity index (χ1n) is 6.13. The molecule has 0 spiro atoms. The van der Waals surface area contributed by atoms with Crippen LogP contribution in [-0.4, -0.2) is 21.2 Å². The van der Waals surface area contributed by atoms with Crippen LogP contribution >= 0.6 is 11.8 Å². The smallest absolute Gasteiger partial charge is 0.298 e. The molecule has 1 fully saturated rings. The Balaban J connectivity index is 1.92. The maximum absolute atomic E-state index is 12.3. The molecule has 2 heterocycles. The zero-order valence-corrected chi connectivity index (χ0v) is 11.6. The lowest BCUT2D eigenvalue weighted by Gasteiger charge is -2.12. The second kappa shape index (κ2) is 5.41. The Kier molecular flexibility index (Phi) is 3.45. The number of thioether (sulfide) groups is 1. The summed E-state index contributed by atoms with van der Waals surface area (Å²) >= 11 is 0.872. The van der Waals surface area contributed by atoms with E-state index in [0.717, 1.165) is 16.7 Å². The Morgan fingerprint density at radius 2 is 1.86 bits per heavy atom. The lowest BCUT2D eigenvalue weighted by Crippen LogP contribution is -2.27. The highest BCUT2D eigenvalue weighted by molar-refractivity contribution is 8.19. The molecular weight excluding hydrogens is 288 g/mol. The fraction of sp³-hybridized carbons (Fsp3) is 0. The molecular formula is C15H10N2O3S. The Labute approximate surface area is 124 Å². The fourth-order valence-electron chi connectivity index (χ4n) is 1.89. The quantitative estimate of drug-likeness (QED) is 0.863. The van der Waals surface area contributed by atoms with Crippen molar-refractivity contribution in [2.75, 3.05) is 4.90 Å². The van der Waals surface area contributed by atoms with Gasteiger partial charge in [-0.05, 0) is 54.2 Å². The maximum Gasteiger partial charge on any atom is 0.298 e. The van der Waals surface area contributed by atoms with Crippen LogP contribution in [0, 0.1) is 0 Å². The summed E-state index contributed by atoms with van der Waals surface area (Å²) in [6.07, 6.45) is 3.21. The van der Waals surface area contributed by atoms with Gasteiger partial charge in [0.25, 0.3) is 11.1 Å². The van der Waals surface area contributed by atoms with Gasteiger partial charge >= 0.3 is 0 Å². The Bertz CT molecular complexity index is 726. The van der Waals surface area contributed by atoms with Crippen molar-refractivity contribution >= 4 is 34.7 Å². The van der Waals surface area contributed by atoms with Gasteiger partial charge in [0.1, 0.15) is 5.75 Å². The summed E-state index contributed by atoms with van der Waals surface area (Å²) in [5, 5.41) is 8.90. The minimum Gasteiger partial charge on any atom is -0.508 e. The normalized spacial score (nSPS) is 16.8. The number of rotatable bonds is 2. The molecule has 0 atom stereocenters. The molecule has 0 saturated carbocycles. The van der Waals surface area contributed by atoms with Gasteiger partial charge in [0, 0.05) is 6.20 Å². The number of anilines is 1. The standard InChI is InChI=1S/C15H10N2O3S/c18-12-6-4-11(5-7-12)17-14(19)13(21-15(17)20)9-10-3-1-2-8-16-10/h1-9,18H/b13-9-. The van der Waals surface area contributed by atoms with Crippen LogP contribution in [0.3, 0.4) is 0 Å². The Morgan fingerprint density at radius 3 is 2.52 bits per heavy atom. The number of hydrogen-bond acceptors (Lipinski definition) is 5. The van der Waals surface area contributed by atoms with Crippen molar-refractivity contribution < 1.29 is 14.7 Å². The molecule has 0 bridgehead atoms. The number of carbonyl (C=O) groups is 2. The van der Waals surface area contributed by atoms with E-state index in [1.54, 1.807) is 24.4 Å². The van der Waals surface area contributed by atoms with Crippen LogP contribution in [0.2, 0.25) is 0 Å². The van der Waals surface area contributed by atoms with Crippen LogP contribution in [0.15, 0.2) is 53.6 Å². The molecule has 104 valence electrons. The van der Waals surface area contributed by atoms with E-state index in [9.17, 15) is 14.7 Å². The monoisotopic (exact) mass is 298 g/mol. The molecule has 1 saturated heterocycles. The Morgan fingerprint density at radius 1 is 1.10 bits per heavy atom. The first-order chi connectivity index (χ1) is 10.1. The van der Waals surface area contributed by atoms with Crippen LogP contribution in [0.25, 0.3) is 6.08 Å². The van der Waals surface area contributed by atoms with Gasteiger partial charge in [-0.3, -0.25) is 14.6 Å². The van der Waals surface area contributed by atoms with E-state index in [1.807, 2.05) is 6.07 Å². The average molecular weight is 298 g/mol. The summed E-state index contributed by atoms with van der Waals surface area (Å²) in [6, 6.07) is 11.3. The van der Waals surface area contributed by atoms with Crippen molar-refractivity contribution in [1.82, 2.24) is 4.98 Å². The van der Waals surface area contributed by atoms with E-state index in [0.29, 0.717) is 16.3 Å². The second-order valence-corrected chi connectivity index (χ2v) is 5.28. The van der Waals surface area contributed by atoms with Gasteiger partial charge in [-0.1, -0.05) is 6.07 Å². The van der Waals surface area contributed by atoms with E-state index in [-0.39, 0.29) is 16.9 Å². The minimum atomic E-state index is -0.388. The largest absolute Gasteiger partial charge is 0.508 e. The topological polar surface area (TPSA) is 70.5 Å². The van der Waals surface area contributed by atoms with Crippen molar-refractivity contribution in [2.45, 2.75) is 0 Å². The molecule has 1 aliphatic rings. The summed E-state index contributed by atoms with van der Waals surface area (Å²) in [6.45, 7) is 0. The van der Waals surface area contributed by atoms with Crippen molar-refractivity contribution in [1.29, 1.82) is 0 Å². The Hall–Kier alpha value is -2.60. The number of nitrogens with zero attached hydrogens (tertiary/aromatic N) is 2. The number of pyridine rings is 1. The van der Waals surface area contributed by atoms with Gasteiger partial charge < -0.3 is 5.11 Å². The van der Waals surface area contributed by atoms with Crippen LogP contribution in [-0.2, 0) is 4.79 Å². The van der Waals surface area contributed by atoms with Crippen molar-refractivity contribution in [2.24, 2.45) is 0 Å². The first-order valence-corrected chi connectivity index (χ1v) is 6.95. The predicted octanol–water partition coefficient (Wildman–Crippen LogP) is 3.03. The molecule has 21 heavy (non-hydrogen) atoms. The number of benzene rings is 1. The van der Waals surface area contributed by atoms with Gasteiger partial charge in [-0.15, -0.1) is 0 Å². The number of aromatic hydroxyl groups is 1. The van der Waals surface area contributed by atoms with Crippen LogP contribution in [0.5, 0.6) is 5.75 Å². The molecule has 2 aromatic rings. The van der Waals surface area contributed by atoms with Crippen molar-refractivity contribution in [3.05, 3.63) is 59.3 Å². The van der Waals surface area contributed by atoms with Gasteiger partial charge in [0.15, 0.2) is 0 Å². The SMILES string of the molecule is O=C1S/C(=C\c2ccccn2)C(=O)N1c1ccc(O)cc1. The molecule has 0 unspecified atom stereocenters. The average Bonchev–Trinajstić information content (AvgIpc) is 2.76. The van der Waals surface area contributed by atoms with E-state index in [1.165, 1.54) is 24.3 Å². The number of phenolic OH excluding ortho intramolecular Hbond substituents is 1. The van der Waals surface area contributed by atoms with Crippen LogP contribution in [0.4, 0.5) is 10.5 Å². The molecule has 1 N–H and O–H groups in total. The van der Waals surface area contributed by atoms with E-state index >= 15 is 0 Å². The van der Waals surface area contributed by atoms with Crippen molar-refractivity contribution in [3.63, 3.8) is 0 Å². The highest BCUT2D eigenvalue weighted by Gasteiger charge is 2.36. The van der Waals surface area contributed by atoms with Gasteiger partial charge in [-0.2, -0.15) is 0 Å². The molecule has 1 aliphatic heterocycles. The lowest BCUT2D eigenvalue weighted by molar-refractivity contribution is -0.113. The van der Waals surface area contributed by atoms with E-state index < -0.39 is 0 Å². The zero-order chi connectivity index (χ0) is 14.8. The highest BCUT2D eigenvalue weighted by Crippen LogP contribution is 2.35. The zero-order valence-electron chi connectivity index (χ0n) is 10.8. The first kappa shape index (κ1) is 13.4. The highest BCUT2D eigenvalue weighted by atomic mass is 32.2. The van der Waals surface area contributed by atoms with E-state index in [4.69, 9.17) is 0 Å². The molecule has 0 radical (unpaired) electrons. The number of hydrogen-bond donors (Lipinski definition) is 1. The molecule has 5 nitrogen and oxygen atoms in total. The molecule has 1 aromatic carbocycles. The molecule has 1 aromatic heterocycles. The number of phenols is 1. The predicted molar refractivity (Wildman–Crippen MR) is 80.8 cm³/mol. The van der Waals surface area contributed by atoms with Gasteiger partial charge in [-0.25, -0.2) is 4.90 Å². The maximum atomic E-state index is 12.3. The lowest BCUT2D eigenvalue weighted by atomic mass is 10.2. The summed E-state index contributed by atoms with van der Waals surface area (Å²) in [5.74, 6) is -0.309. The summed E-state index contributed by atoms with van der Waals surface area (Å²) < 4.78 is 0. The summed E-state index contributed by atoms with van der Waals surface area (Å²) in [4.78, 5) is 29.9. The third-order valence-corrected chi connectivity index (χ3v) is 3.74. The number of imide groups is 1. The molecule has 2 amide bonds. The fourth-order valence-corrected chi connectivity index (χ4v) is 2.71. The number of aromatic nitrogens is 1. The van der Waals surface area contributed by atoms with Crippen molar-refractivity contribution in [3.8, 4) is 5.75 Å². The van der Waals surface area contributed by atoms with Crippen LogP contribution in [0.1, 0.15) is 5.69 Å². The molecule has 0 aliphatic carbocycles. The molecule has 6 heteroatoms. The minimum absolute atomic E-state index is 0.0785. The third-order valence-electron chi connectivity index (χ3n) is 2.87. The third kappa shape index (κ3) is 2.66. The number of carbonyl (C=O) groups excluding carboxylic acids is 2. The number of amides is 2. The van der Waals surface area contributed by atoms with Gasteiger partial charge in [0.05, 0.1) is 16.3 Å². The molecule has 3 rings (SSSR count). The van der Waals surface area contributed by atoms with Crippen LogP contribution < -0.4 is 4.90 Å². The van der Waals surface area contributed by atoms with Gasteiger partial charge in [0.2, 0.25) is 0 Å². The second-order valence-electron chi connectivity index (χ2n) is 4.29. The summed E-state index contributed by atoms with van der Waals surface area (Å²) in [5.41, 5.74) is 1.05. The van der Waals surface area contributed by atoms with E-state index in [2.05, 4.69) is 4.98 Å².